The van der Waals surface area contributed by atoms with Crippen molar-refractivity contribution >= 4 is 11.8 Å². The molecule has 2 aliphatic rings. The summed E-state index contributed by atoms with van der Waals surface area (Å²) in [7, 11) is 0. The lowest BCUT2D eigenvalue weighted by atomic mass is 10.1. The summed E-state index contributed by atoms with van der Waals surface area (Å²) in [6.45, 7) is -0.143. The molecule has 10 nitrogen and oxygen atoms in total. The Morgan fingerprint density at radius 3 is 2.74 bits per heavy atom. The third-order valence-electron chi connectivity index (χ3n) is 5.65. The van der Waals surface area contributed by atoms with E-state index in [1.165, 1.54) is 23.1 Å². The van der Waals surface area contributed by atoms with E-state index in [0.717, 1.165) is 12.8 Å². The third kappa shape index (κ3) is 5.45. The van der Waals surface area contributed by atoms with E-state index in [1.54, 1.807) is 6.92 Å². The van der Waals surface area contributed by atoms with Crippen LogP contribution in [0.5, 0.6) is 11.5 Å². The van der Waals surface area contributed by atoms with Gasteiger partial charge in [-0.3, -0.25) is 9.59 Å². The molecule has 1 aromatic carbocycles. The number of aromatic nitrogens is 1. The van der Waals surface area contributed by atoms with Gasteiger partial charge in [-0.15, -0.1) is 0 Å². The number of piperazine rings is 1. The predicted octanol–water partition coefficient (Wildman–Crippen LogP) is 1.65. The summed E-state index contributed by atoms with van der Waals surface area (Å²) in [4.78, 5) is 30.6. The molecule has 0 spiro atoms. The highest BCUT2D eigenvalue weighted by molar-refractivity contribution is 5.94. The molecule has 1 aliphatic heterocycles. The van der Waals surface area contributed by atoms with Gasteiger partial charge in [-0.25, -0.2) is 4.98 Å². The molecule has 1 aliphatic carbocycles. The topological polar surface area (TPSA) is 146 Å². The molecule has 184 valence electrons. The van der Waals surface area contributed by atoms with E-state index in [2.05, 4.69) is 15.0 Å². The minimum absolute atomic E-state index is 0.0171. The average Bonchev–Trinajstić information content (AvgIpc) is 3.52. The fourth-order valence-electron chi connectivity index (χ4n) is 3.63. The largest absolute Gasteiger partial charge is 0.489 e. The van der Waals surface area contributed by atoms with Gasteiger partial charge in [0, 0.05) is 25.2 Å². The average molecular weight is 479 g/mol. The summed E-state index contributed by atoms with van der Waals surface area (Å²) in [6.07, 6.45) is 2.05. The van der Waals surface area contributed by atoms with Gasteiger partial charge in [0.2, 0.25) is 11.8 Å². The van der Waals surface area contributed by atoms with Crippen LogP contribution in [0.3, 0.4) is 0 Å². The van der Waals surface area contributed by atoms with E-state index in [4.69, 9.17) is 20.6 Å². The number of alkyl halides is 2. The van der Waals surface area contributed by atoms with Gasteiger partial charge in [-0.1, -0.05) is 0 Å². The van der Waals surface area contributed by atoms with Crippen LogP contribution in [0.4, 0.5) is 8.78 Å². The fraction of sp³-hybridized carbons (Fsp3) is 0.500. The molecule has 0 bridgehead atoms. The number of primary amides is 1. The van der Waals surface area contributed by atoms with Crippen LogP contribution in [-0.4, -0.2) is 60.6 Å². The zero-order chi connectivity index (χ0) is 24.4. The highest BCUT2D eigenvalue weighted by Crippen LogP contribution is 2.37. The quantitative estimate of drug-likeness (QED) is 0.492. The number of hydrogen-bond donors (Lipinski definition) is 3. The number of nitrogens with zero attached hydrogens (tertiary/aromatic N) is 2. The van der Waals surface area contributed by atoms with Crippen molar-refractivity contribution in [2.75, 3.05) is 26.2 Å². The Hall–Kier alpha value is -3.25. The Labute approximate surface area is 194 Å². The third-order valence-corrected chi connectivity index (χ3v) is 5.65. The van der Waals surface area contributed by atoms with E-state index in [0.29, 0.717) is 31.2 Å². The molecule has 0 radical (unpaired) electrons. The number of benzene rings is 1. The Bertz CT molecular complexity index is 1060. The lowest BCUT2D eigenvalue weighted by Crippen LogP contribution is -2.57. The molecule has 1 unspecified atom stereocenters. The molecule has 2 aromatic rings. The summed E-state index contributed by atoms with van der Waals surface area (Å²) >= 11 is 0. The molecule has 4 rings (SSSR count). The molecular weight excluding hydrogens is 452 g/mol. The second-order valence-electron chi connectivity index (χ2n) is 8.48. The number of nitrogens with two attached hydrogens (primary N) is 2. The first-order chi connectivity index (χ1) is 16.2. The van der Waals surface area contributed by atoms with Gasteiger partial charge in [0.15, 0.2) is 23.0 Å². The maximum Gasteiger partial charge on any atom is 0.387 e. The molecule has 12 heteroatoms. The molecule has 2 amide bonds. The van der Waals surface area contributed by atoms with E-state index in [9.17, 15) is 18.4 Å². The smallest absolute Gasteiger partial charge is 0.387 e. The van der Waals surface area contributed by atoms with Crippen LogP contribution in [0, 0.1) is 5.92 Å². The minimum Gasteiger partial charge on any atom is -0.489 e. The number of oxazole rings is 1. The van der Waals surface area contributed by atoms with Crippen molar-refractivity contribution in [3.05, 3.63) is 29.7 Å². The highest BCUT2D eigenvalue weighted by Gasteiger charge is 2.32. The standard InChI is InChI=1S/C22H27F2N5O5/c1-11(25)18-17(21(31)29-7-6-27-14(9-29)19(26)30)28-20(34-18)13-4-5-15(33-22(23)24)16(8-13)32-10-12-2-3-12/h4-5,8,11-12,14,22,27H,2-3,6-7,9-10,25H2,1H3,(H2,26,30)/t11-,14?/m0/s1. The number of ether oxygens (including phenoxy) is 2. The van der Waals surface area contributed by atoms with Crippen molar-refractivity contribution in [1.29, 1.82) is 0 Å². The van der Waals surface area contributed by atoms with Gasteiger partial charge < -0.3 is 35.6 Å². The molecular formula is C22H27F2N5O5. The van der Waals surface area contributed by atoms with Crippen molar-refractivity contribution in [1.82, 2.24) is 15.2 Å². The van der Waals surface area contributed by atoms with Crippen molar-refractivity contribution in [2.24, 2.45) is 17.4 Å². The summed E-state index contributed by atoms with van der Waals surface area (Å²) in [5.74, 6) is -0.340. The second kappa shape index (κ2) is 9.94. The highest BCUT2D eigenvalue weighted by atomic mass is 19.3. The first-order valence-corrected chi connectivity index (χ1v) is 11.0. The Kier molecular flexibility index (Phi) is 6.98. The predicted molar refractivity (Wildman–Crippen MR) is 116 cm³/mol. The van der Waals surface area contributed by atoms with Gasteiger partial charge in [0.05, 0.1) is 12.6 Å². The van der Waals surface area contributed by atoms with Crippen LogP contribution in [0.25, 0.3) is 11.5 Å². The van der Waals surface area contributed by atoms with E-state index in [1.807, 2.05) is 0 Å². The minimum atomic E-state index is -3.01. The van der Waals surface area contributed by atoms with Gasteiger partial charge in [0.25, 0.3) is 5.91 Å². The lowest BCUT2D eigenvalue weighted by molar-refractivity contribution is -0.120. The number of halogens is 2. The molecule has 34 heavy (non-hydrogen) atoms. The zero-order valence-corrected chi connectivity index (χ0v) is 18.6. The summed E-state index contributed by atoms with van der Waals surface area (Å²) < 4.78 is 41.8. The Balaban J connectivity index is 1.63. The first-order valence-electron chi connectivity index (χ1n) is 11.0. The number of rotatable bonds is 9. The molecule has 2 heterocycles. The van der Waals surface area contributed by atoms with Gasteiger partial charge in [-0.2, -0.15) is 8.78 Å². The normalized spacial score (nSPS) is 19.2. The van der Waals surface area contributed by atoms with Crippen LogP contribution in [0.1, 0.15) is 42.1 Å². The van der Waals surface area contributed by atoms with Gasteiger partial charge >= 0.3 is 6.61 Å². The SMILES string of the molecule is C[C@H](N)c1oc(-c2ccc(OC(F)F)c(OCC3CC3)c2)nc1C(=O)N1CCNC(C(N)=O)C1. The molecule has 1 saturated carbocycles. The van der Waals surface area contributed by atoms with Crippen molar-refractivity contribution in [3.63, 3.8) is 0 Å². The number of nitrogens with one attached hydrogen (secondary N) is 1. The molecule has 2 atom stereocenters. The van der Waals surface area contributed by atoms with Crippen LogP contribution >= 0.6 is 0 Å². The van der Waals surface area contributed by atoms with E-state index < -0.39 is 30.5 Å². The maximum atomic E-state index is 13.2. The Morgan fingerprint density at radius 1 is 1.32 bits per heavy atom. The first kappa shape index (κ1) is 23.9. The zero-order valence-electron chi connectivity index (χ0n) is 18.6. The van der Waals surface area contributed by atoms with Crippen LogP contribution in [0.2, 0.25) is 0 Å². The van der Waals surface area contributed by atoms with Crippen molar-refractivity contribution in [2.45, 2.75) is 38.5 Å². The fourth-order valence-corrected chi connectivity index (χ4v) is 3.63. The molecule has 2 fully saturated rings. The monoisotopic (exact) mass is 479 g/mol. The van der Waals surface area contributed by atoms with E-state index >= 15 is 0 Å². The van der Waals surface area contributed by atoms with Crippen molar-refractivity contribution < 1.29 is 32.3 Å². The lowest BCUT2D eigenvalue weighted by Gasteiger charge is -2.31. The van der Waals surface area contributed by atoms with Crippen LogP contribution in [-0.2, 0) is 4.79 Å². The summed E-state index contributed by atoms with van der Waals surface area (Å²) in [6, 6.07) is 2.99. The van der Waals surface area contributed by atoms with Gasteiger partial charge in [-0.05, 0) is 43.9 Å². The number of carbonyl (C=O) groups is 2. The van der Waals surface area contributed by atoms with Crippen LogP contribution < -0.4 is 26.3 Å². The molecule has 1 aromatic heterocycles. The number of amides is 2. The van der Waals surface area contributed by atoms with Crippen molar-refractivity contribution in [3.8, 4) is 23.0 Å². The molecule has 5 N–H and O–H groups in total. The maximum absolute atomic E-state index is 13.2. The number of hydrogen-bond acceptors (Lipinski definition) is 8. The Morgan fingerprint density at radius 2 is 2.09 bits per heavy atom. The van der Waals surface area contributed by atoms with E-state index in [-0.39, 0.29) is 35.4 Å². The molecule has 1 saturated heterocycles. The van der Waals surface area contributed by atoms with Gasteiger partial charge in [0.1, 0.15) is 6.04 Å². The summed E-state index contributed by atoms with van der Waals surface area (Å²) in [5.41, 5.74) is 11.8. The second-order valence-corrected chi connectivity index (χ2v) is 8.48. The summed E-state index contributed by atoms with van der Waals surface area (Å²) in [5, 5.41) is 2.96. The van der Waals surface area contributed by atoms with Crippen LogP contribution in [0.15, 0.2) is 22.6 Å². The number of carbonyl (C=O) groups excluding carboxylic acids is 2.